The molecule has 2 atom stereocenters. The van der Waals surface area contributed by atoms with Crippen molar-refractivity contribution in [1.29, 1.82) is 0 Å². The van der Waals surface area contributed by atoms with Gasteiger partial charge in [0, 0.05) is 41.3 Å². The fraction of sp³-hybridized carbons (Fsp3) is 0.930. The summed E-state index contributed by atoms with van der Waals surface area (Å²) < 4.78 is 5.99. The number of thioether (sulfide) groups is 4. The SMILES string of the molecule is CCCCCCCC(CSC(=O)CCCCCCCC(CCCCCCCC(=O)SCC(CCCCCCC)SC)OC(=O)CCCN(C)C)SC. The van der Waals surface area contributed by atoms with Gasteiger partial charge in [-0.25, -0.2) is 0 Å². The maximum Gasteiger partial charge on any atom is 0.306 e. The fourth-order valence-electron chi connectivity index (χ4n) is 6.40. The number of unbranched alkanes of at least 4 members (excludes halogenated alkanes) is 16. The molecule has 0 rings (SSSR count). The van der Waals surface area contributed by atoms with Gasteiger partial charge in [-0.2, -0.15) is 23.5 Å². The van der Waals surface area contributed by atoms with E-state index in [-0.39, 0.29) is 12.1 Å². The first kappa shape index (κ1) is 52.2. The van der Waals surface area contributed by atoms with Crippen molar-refractivity contribution in [3.05, 3.63) is 0 Å². The van der Waals surface area contributed by atoms with E-state index in [0.29, 0.717) is 40.0 Å². The van der Waals surface area contributed by atoms with E-state index in [9.17, 15) is 14.4 Å². The number of nitrogens with zero attached hydrogens (tertiary/aromatic N) is 1. The topological polar surface area (TPSA) is 63.7 Å². The Hall–Kier alpha value is 0.170. The Morgan fingerprint density at radius 1 is 0.500 bits per heavy atom. The van der Waals surface area contributed by atoms with E-state index in [1.807, 2.05) is 37.6 Å². The molecule has 0 aromatic heterocycles. The maximum atomic E-state index is 12.6. The van der Waals surface area contributed by atoms with Crippen LogP contribution in [0.5, 0.6) is 0 Å². The van der Waals surface area contributed by atoms with Crippen LogP contribution in [-0.2, 0) is 19.1 Å². The van der Waals surface area contributed by atoms with Crippen molar-refractivity contribution in [2.24, 2.45) is 0 Å². The summed E-state index contributed by atoms with van der Waals surface area (Å²) in [5.41, 5.74) is 0. The number of ether oxygens (including phenoxy) is 1. The minimum Gasteiger partial charge on any atom is -0.462 e. The lowest BCUT2D eigenvalue weighted by atomic mass is 10.0. The van der Waals surface area contributed by atoms with Crippen LogP contribution in [0.2, 0.25) is 0 Å². The summed E-state index contributed by atoms with van der Waals surface area (Å²) in [6.45, 7) is 5.41. The molecule has 9 heteroatoms. The summed E-state index contributed by atoms with van der Waals surface area (Å²) >= 11 is 6.95. The smallest absolute Gasteiger partial charge is 0.306 e. The minimum atomic E-state index is -0.0562. The van der Waals surface area contributed by atoms with Gasteiger partial charge in [0.2, 0.25) is 0 Å². The molecule has 0 radical (unpaired) electrons. The van der Waals surface area contributed by atoms with Gasteiger partial charge in [0.1, 0.15) is 6.10 Å². The Morgan fingerprint density at radius 2 is 0.885 bits per heavy atom. The average molecular weight is 806 g/mol. The molecule has 0 aliphatic heterocycles. The van der Waals surface area contributed by atoms with Gasteiger partial charge in [0.05, 0.1) is 0 Å². The lowest BCUT2D eigenvalue weighted by Crippen LogP contribution is -2.20. The number of carbonyl (C=O) groups is 3. The van der Waals surface area contributed by atoms with Crippen molar-refractivity contribution >= 4 is 63.2 Å². The first-order valence-electron chi connectivity index (χ1n) is 21.5. The Kier molecular flexibility index (Phi) is 39.5. The molecule has 2 unspecified atom stereocenters. The first-order chi connectivity index (χ1) is 25.2. The van der Waals surface area contributed by atoms with Gasteiger partial charge >= 0.3 is 5.97 Å². The molecule has 0 N–H and O–H groups in total. The number of carbonyl (C=O) groups excluding carboxylic acids is 3. The number of hydrogen-bond acceptors (Lipinski definition) is 9. The lowest BCUT2D eigenvalue weighted by molar-refractivity contribution is -0.150. The molecule has 0 bridgehead atoms. The molecule has 308 valence electrons. The first-order valence-corrected chi connectivity index (χ1v) is 26.0. The van der Waals surface area contributed by atoms with E-state index in [1.54, 1.807) is 23.5 Å². The van der Waals surface area contributed by atoms with E-state index in [0.717, 1.165) is 102 Å². The van der Waals surface area contributed by atoms with Gasteiger partial charge in [-0.15, -0.1) is 0 Å². The third-order valence-electron chi connectivity index (χ3n) is 9.88. The predicted octanol–water partition coefficient (Wildman–Crippen LogP) is 13.4. The second-order valence-electron chi connectivity index (χ2n) is 15.1. The van der Waals surface area contributed by atoms with Gasteiger partial charge in [-0.3, -0.25) is 14.4 Å². The number of rotatable bonds is 39. The van der Waals surface area contributed by atoms with Gasteiger partial charge in [0.25, 0.3) is 0 Å². The summed E-state index contributed by atoms with van der Waals surface area (Å²) in [7, 11) is 4.07. The molecule has 5 nitrogen and oxygen atoms in total. The summed E-state index contributed by atoms with van der Waals surface area (Å²) in [4.78, 5) is 39.7. The van der Waals surface area contributed by atoms with E-state index in [1.165, 1.54) is 77.0 Å². The van der Waals surface area contributed by atoms with Crippen LogP contribution in [0.3, 0.4) is 0 Å². The van der Waals surface area contributed by atoms with Crippen molar-refractivity contribution in [3.8, 4) is 0 Å². The van der Waals surface area contributed by atoms with Gasteiger partial charge in [-0.1, -0.05) is 140 Å². The highest BCUT2D eigenvalue weighted by molar-refractivity contribution is 8.14. The highest BCUT2D eigenvalue weighted by atomic mass is 32.2. The molecule has 0 aliphatic carbocycles. The molecule has 0 fully saturated rings. The van der Waals surface area contributed by atoms with E-state index in [4.69, 9.17) is 4.74 Å². The summed E-state index contributed by atoms with van der Waals surface area (Å²) in [6.07, 6.45) is 35.4. The average Bonchev–Trinajstić information content (AvgIpc) is 3.12. The van der Waals surface area contributed by atoms with E-state index >= 15 is 0 Å². The van der Waals surface area contributed by atoms with Gasteiger partial charge in [0.15, 0.2) is 10.2 Å². The van der Waals surface area contributed by atoms with Crippen LogP contribution in [0.1, 0.15) is 194 Å². The maximum absolute atomic E-state index is 12.6. The quantitative estimate of drug-likeness (QED) is 0.0446. The summed E-state index contributed by atoms with van der Waals surface area (Å²) in [6, 6.07) is 0. The molecule has 0 aromatic carbocycles. The molecule has 0 saturated heterocycles. The standard InChI is InChI=1S/C43H83NO4S4/c1-7-9-11-15-23-30-39(49-5)36-51-42(46)33-25-19-13-17-21-28-38(48-41(45)32-27-35-44(3)4)29-22-18-14-20-26-34-43(47)52-37-40(50-6)31-24-16-12-10-8-2/h38-40H,7-37H2,1-6H3. The highest BCUT2D eigenvalue weighted by Crippen LogP contribution is 2.24. The molecule has 0 heterocycles. The highest BCUT2D eigenvalue weighted by Gasteiger charge is 2.16. The third kappa shape index (κ3) is 35.8. The van der Waals surface area contributed by atoms with Crippen LogP contribution in [-0.4, -0.2) is 82.4 Å². The third-order valence-corrected chi connectivity index (χ3v) is 14.6. The van der Waals surface area contributed by atoms with Crippen molar-refractivity contribution in [1.82, 2.24) is 4.90 Å². The second kappa shape index (κ2) is 39.4. The Bertz CT molecular complexity index is 779. The van der Waals surface area contributed by atoms with Gasteiger partial charge < -0.3 is 9.64 Å². The molecule has 0 amide bonds. The second-order valence-corrected chi connectivity index (χ2v) is 19.5. The van der Waals surface area contributed by atoms with Crippen molar-refractivity contribution in [3.63, 3.8) is 0 Å². The van der Waals surface area contributed by atoms with Crippen LogP contribution in [0.25, 0.3) is 0 Å². The zero-order valence-electron chi connectivity index (χ0n) is 34.9. The normalized spacial score (nSPS) is 13.4. The molecule has 0 aliphatic rings. The Morgan fingerprint density at radius 3 is 1.29 bits per heavy atom. The number of hydrogen-bond donors (Lipinski definition) is 0. The Labute approximate surface area is 340 Å². The summed E-state index contributed by atoms with van der Waals surface area (Å²) in [5, 5.41) is 1.92. The predicted molar refractivity (Wildman–Crippen MR) is 239 cm³/mol. The Balaban J connectivity index is 4.25. The van der Waals surface area contributed by atoms with Crippen LogP contribution >= 0.6 is 47.0 Å². The molecule has 0 saturated carbocycles. The minimum absolute atomic E-state index is 0.00913. The lowest BCUT2D eigenvalue weighted by Gasteiger charge is -2.18. The molecule has 52 heavy (non-hydrogen) atoms. The number of esters is 1. The van der Waals surface area contributed by atoms with Crippen LogP contribution in [0.15, 0.2) is 0 Å². The molecule has 0 aromatic rings. The van der Waals surface area contributed by atoms with E-state index < -0.39 is 0 Å². The van der Waals surface area contributed by atoms with Crippen molar-refractivity contribution in [2.45, 2.75) is 210 Å². The summed E-state index contributed by atoms with van der Waals surface area (Å²) in [5.74, 6) is 1.86. The monoisotopic (exact) mass is 806 g/mol. The van der Waals surface area contributed by atoms with Crippen LogP contribution in [0.4, 0.5) is 0 Å². The van der Waals surface area contributed by atoms with Crippen molar-refractivity contribution in [2.75, 3.05) is 44.7 Å². The molecule has 0 spiro atoms. The van der Waals surface area contributed by atoms with Crippen LogP contribution in [0, 0.1) is 0 Å². The van der Waals surface area contributed by atoms with E-state index in [2.05, 4.69) is 31.3 Å². The largest absolute Gasteiger partial charge is 0.462 e. The molecular weight excluding hydrogens is 723 g/mol. The zero-order valence-corrected chi connectivity index (χ0v) is 38.1. The van der Waals surface area contributed by atoms with Crippen molar-refractivity contribution < 1.29 is 19.1 Å². The fourth-order valence-corrected chi connectivity index (χ4v) is 10.4. The zero-order chi connectivity index (χ0) is 38.5. The van der Waals surface area contributed by atoms with Crippen LogP contribution < -0.4 is 0 Å². The van der Waals surface area contributed by atoms with Gasteiger partial charge in [-0.05, 0) is 90.9 Å². The molecular formula is C43H83NO4S4.